The van der Waals surface area contributed by atoms with Gasteiger partial charge < -0.3 is 35.8 Å². The maximum absolute atomic E-state index is 14.4. The monoisotopic (exact) mass is 738 g/mol. The van der Waals surface area contributed by atoms with Gasteiger partial charge in [0.2, 0.25) is 29.4 Å². The molecule has 6 amide bonds. The highest BCUT2D eigenvalue weighted by Crippen LogP contribution is 2.39. The Morgan fingerprint density at radius 1 is 0.925 bits per heavy atom. The van der Waals surface area contributed by atoms with Crippen molar-refractivity contribution in [3.63, 3.8) is 0 Å². The highest BCUT2D eigenvalue weighted by molar-refractivity contribution is 6.41. The molecule has 14 nitrogen and oxygen atoms in total. The summed E-state index contributed by atoms with van der Waals surface area (Å²) < 4.78 is 5.52. The van der Waals surface area contributed by atoms with E-state index in [1.807, 2.05) is 13.8 Å². The lowest BCUT2D eigenvalue weighted by molar-refractivity contribution is -0.145. The Morgan fingerprint density at radius 3 is 2.13 bits per heavy atom. The Morgan fingerprint density at radius 2 is 1.57 bits per heavy atom. The molecule has 1 aliphatic heterocycles. The van der Waals surface area contributed by atoms with Crippen molar-refractivity contribution < 1.29 is 38.3 Å². The standard InChI is InChI=1S/C39H58N6O8/c1-24(2)22-27-18-21-45(36(51)30(26-16-12-9-13-17-26)42-37(52)53-38(3,4)5)31(27)33(48)43-39(19-20-39)32(47)34(49)40-23-28(46)41-29(35(50)44(6)7)25-14-10-8-11-15-25/h8,10-11,14-15,24,26-27,29-31H,9,12-13,16-23H2,1-7H3,(H,40,49)(H,41,46)(H,42,52)(H,43,48)/t27-,29+,30+,31+/m1/s1. The number of amides is 6. The normalized spacial score (nSPS) is 20.8. The SMILES string of the molecule is CC(C)C[C@H]1CCN(C(=O)[C@@H](NC(=O)OC(C)(C)C)C2CCCCC2)[C@@H]1C(=O)NC1(C(=O)C(=O)NCC(=O)N[C@H](C(=O)N(C)C)c2ccccc2)CC1. The molecule has 1 aromatic carbocycles. The van der Waals surface area contributed by atoms with Crippen molar-refractivity contribution in [2.45, 2.75) is 122 Å². The Labute approximate surface area is 312 Å². The second-order valence-corrected chi connectivity index (χ2v) is 16.4. The van der Waals surface area contributed by atoms with E-state index in [0.29, 0.717) is 24.9 Å². The minimum atomic E-state index is -1.46. The average Bonchev–Trinajstić information content (AvgIpc) is 3.76. The van der Waals surface area contributed by atoms with Crippen molar-refractivity contribution in [3.8, 4) is 0 Å². The summed E-state index contributed by atoms with van der Waals surface area (Å²) in [6, 6.07) is 5.89. The van der Waals surface area contributed by atoms with Crippen LogP contribution in [0, 0.1) is 17.8 Å². The molecule has 1 aromatic rings. The summed E-state index contributed by atoms with van der Waals surface area (Å²) in [5, 5.41) is 10.6. The van der Waals surface area contributed by atoms with Crippen LogP contribution >= 0.6 is 0 Å². The van der Waals surface area contributed by atoms with E-state index in [4.69, 9.17) is 4.74 Å². The molecule has 4 rings (SSSR count). The maximum atomic E-state index is 14.4. The van der Waals surface area contributed by atoms with Gasteiger partial charge in [0.05, 0.1) is 6.54 Å². The second kappa shape index (κ2) is 17.6. The van der Waals surface area contributed by atoms with Gasteiger partial charge in [-0.3, -0.25) is 28.8 Å². The lowest BCUT2D eigenvalue weighted by Crippen LogP contribution is -2.60. The molecule has 0 unspecified atom stereocenters. The van der Waals surface area contributed by atoms with Crippen LogP contribution in [-0.4, -0.2) is 102 Å². The molecule has 0 aromatic heterocycles. The van der Waals surface area contributed by atoms with E-state index in [0.717, 1.165) is 32.1 Å². The van der Waals surface area contributed by atoms with Crippen LogP contribution < -0.4 is 21.3 Å². The van der Waals surface area contributed by atoms with Crippen molar-refractivity contribution in [2.75, 3.05) is 27.2 Å². The highest BCUT2D eigenvalue weighted by atomic mass is 16.6. The molecule has 3 fully saturated rings. The van der Waals surface area contributed by atoms with Crippen LogP contribution in [0.3, 0.4) is 0 Å². The van der Waals surface area contributed by atoms with Crippen molar-refractivity contribution in [1.82, 2.24) is 31.1 Å². The summed E-state index contributed by atoms with van der Waals surface area (Å²) in [6.45, 7) is 9.08. The number of carbonyl (C=O) groups is 7. The van der Waals surface area contributed by atoms with Crippen molar-refractivity contribution in [1.29, 1.82) is 0 Å². The van der Waals surface area contributed by atoms with E-state index in [1.54, 1.807) is 70.1 Å². The van der Waals surface area contributed by atoms with Crippen LogP contribution in [0.1, 0.15) is 104 Å². The van der Waals surface area contributed by atoms with Gasteiger partial charge in [0.25, 0.3) is 5.91 Å². The minimum Gasteiger partial charge on any atom is -0.444 e. The summed E-state index contributed by atoms with van der Waals surface area (Å²) in [6.07, 6.45) is 5.42. The lowest BCUT2D eigenvalue weighted by atomic mass is 9.83. The van der Waals surface area contributed by atoms with Crippen LogP contribution in [0.15, 0.2) is 30.3 Å². The van der Waals surface area contributed by atoms with E-state index in [1.165, 1.54) is 4.90 Å². The fourth-order valence-electron chi connectivity index (χ4n) is 7.48. The topological polar surface area (TPSA) is 183 Å². The Bertz CT molecular complexity index is 1510. The third-order valence-corrected chi connectivity index (χ3v) is 10.2. The fourth-order valence-corrected chi connectivity index (χ4v) is 7.48. The average molecular weight is 739 g/mol. The number of likely N-dealkylation sites (tertiary alicyclic amines) is 1. The number of alkyl carbamates (subject to hydrolysis) is 1. The zero-order chi connectivity index (χ0) is 39.1. The van der Waals surface area contributed by atoms with Gasteiger partial charge in [-0.25, -0.2) is 4.79 Å². The molecule has 0 bridgehead atoms. The summed E-state index contributed by atoms with van der Waals surface area (Å²) >= 11 is 0. The maximum Gasteiger partial charge on any atom is 0.408 e. The van der Waals surface area contributed by atoms with E-state index in [2.05, 4.69) is 21.3 Å². The van der Waals surface area contributed by atoms with Crippen LogP contribution in [0.2, 0.25) is 0 Å². The van der Waals surface area contributed by atoms with E-state index in [9.17, 15) is 33.6 Å². The number of likely N-dealkylation sites (N-methyl/N-ethyl adjacent to an activating group) is 1. The number of nitrogens with zero attached hydrogens (tertiary/aromatic N) is 2. The van der Waals surface area contributed by atoms with E-state index in [-0.39, 0.29) is 42.4 Å². The molecule has 53 heavy (non-hydrogen) atoms. The van der Waals surface area contributed by atoms with Gasteiger partial charge >= 0.3 is 6.09 Å². The zero-order valence-electron chi connectivity index (χ0n) is 32.3. The largest absolute Gasteiger partial charge is 0.444 e. The van der Waals surface area contributed by atoms with Gasteiger partial charge in [0.1, 0.15) is 29.3 Å². The molecule has 2 aliphatic carbocycles. The highest BCUT2D eigenvalue weighted by Gasteiger charge is 2.56. The number of hydrogen-bond donors (Lipinski definition) is 4. The zero-order valence-corrected chi connectivity index (χ0v) is 32.3. The summed E-state index contributed by atoms with van der Waals surface area (Å²) in [7, 11) is 3.13. The van der Waals surface area contributed by atoms with E-state index >= 15 is 0 Å². The molecule has 4 atom stereocenters. The number of hydrogen-bond acceptors (Lipinski definition) is 8. The molecule has 4 N–H and O–H groups in total. The smallest absolute Gasteiger partial charge is 0.408 e. The Balaban J connectivity index is 1.45. The predicted octanol–water partition coefficient (Wildman–Crippen LogP) is 3.00. The second-order valence-electron chi connectivity index (χ2n) is 16.4. The summed E-state index contributed by atoms with van der Waals surface area (Å²) in [4.78, 5) is 96.7. The Kier molecular flexibility index (Phi) is 13.7. The van der Waals surface area contributed by atoms with Crippen LogP contribution in [0.5, 0.6) is 0 Å². The third kappa shape index (κ3) is 11.0. The van der Waals surface area contributed by atoms with Crippen LogP contribution in [0.25, 0.3) is 0 Å². The molecule has 0 radical (unpaired) electrons. The first-order valence-corrected chi connectivity index (χ1v) is 18.9. The van der Waals surface area contributed by atoms with Gasteiger partial charge in [-0.05, 0) is 82.6 Å². The molecular weight excluding hydrogens is 680 g/mol. The molecule has 0 spiro atoms. The predicted molar refractivity (Wildman–Crippen MR) is 197 cm³/mol. The molecule has 1 saturated heterocycles. The quantitative estimate of drug-likeness (QED) is 0.210. The summed E-state index contributed by atoms with van der Waals surface area (Å²) in [5.41, 5.74) is -1.66. The fraction of sp³-hybridized carbons (Fsp3) is 0.667. The van der Waals surface area contributed by atoms with Crippen molar-refractivity contribution in [2.24, 2.45) is 17.8 Å². The molecule has 292 valence electrons. The number of rotatable bonds is 14. The number of ketones is 1. The Hall–Kier alpha value is -4.49. The van der Waals surface area contributed by atoms with Gasteiger partial charge in [0, 0.05) is 20.6 Å². The lowest BCUT2D eigenvalue weighted by Gasteiger charge is -2.36. The first-order valence-electron chi connectivity index (χ1n) is 18.9. The number of Topliss-reactive ketones (excluding diaryl/α,β-unsaturated/α-hetero) is 1. The van der Waals surface area contributed by atoms with Crippen molar-refractivity contribution >= 4 is 41.4 Å². The number of carbonyl (C=O) groups excluding carboxylic acids is 7. The molecule has 2 saturated carbocycles. The van der Waals surface area contributed by atoms with Crippen molar-refractivity contribution in [3.05, 3.63) is 35.9 Å². The number of nitrogens with one attached hydrogen (secondary N) is 4. The molecule has 14 heteroatoms. The first-order chi connectivity index (χ1) is 24.9. The number of ether oxygens (including phenoxy) is 1. The van der Waals surface area contributed by atoms with Gasteiger partial charge in [0.15, 0.2) is 0 Å². The number of benzene rings is 1. The van der Waals surface area contributed by atoms with Gasteiger partial charge in [-0.2, -0.15) is 0 Å². The van der Waals surface area contributed by atoms with Crippen LogP contribution in [0.4, 0.5) is 4.79 Å². The van der Waals surface area contributed by atoms with E-state index < -0.39 is 65.4 Å². The third-order valence-electron chi connectivity index (χ3n) is 10.2. The molecule has 1 heterocycles. The first kappa shape index (κ1) is 41.3. The minimum absolute atomic E-state index is 0.113. The summed E-state index contributed by atoms with van der Waals surface area (Å²) in [5.74, 6) is -3.92. The van der Waals surface area contributed by atoms with Gasteiger partial charge in [-0.15, -0.1) is 0 Å². The molecule has 3 aliphatic rings. The molecular formula is C39H58N6O8. The van der Waals surface area contributed by atoms with Gasteiger partial charge in [-0.1, -0.05) is 63.4 Å². The van der Waals surface area contributed by atoms with Crippen LogP contribution in [-0.2, 0) is 33.5 Å².